The monoisotopic (exact) mass is 412 g/mol. The molecule has 0 spiro atoms. The van der Waals surface area contributed by atoms with Gasteiger partial charge in [-0.25, -0.2) is 21.2 Å². The molecule has 0 fully saturated rings. The summed E-state index contributed by atoms with van der Waals surface area (Å²) in [5.41, 5.74) is 0. The van der Waals surface area contributed by atoms with Crippen molar-refractivity contribution in [3.05, 3.63) is 60.7 Å². The molecule has 2 aromatic carbocycles. The van der Waals surface area contributed by atoms with Gasteiger partial charge < -0.3 is 0 Å². The van der Waals surface area contributed by atoms with Crippen molar-refractivity contribution in [1.82, 2.24) is 0 Å². The van der Waals surface area contributed by atoms with E-state index in [9.17, 15) is 21.6 Å². The minimum Gasteiger partial charge on any atom is -0.300 e. The third-order valence-electron chi connectivity index (χ3n) is 4.36. The van der Waals surface area contributed by atoms with E-state index in [4.69, 9.17) is 0 Å². The summed E-state index contributed by atoms with van der Waals surface area (Å²) >= 11 is 0. The smallest absolute Gasteiger partial charge is 0.300 e. The molecule has 0 amide bonds. The Morgan fingerprint density at radius 3 is 1.59 bits per heavy atom. The molecule has 0 saturated heterocycles. The van der Waals surface area contributed by atoms with Crippen molar-refractivity contribution in [2.45, 2.75) is 40.8 Å². The number of ketones is 1. The number of rotatable bonds is 8. The van der Waals surface area contributed by atoms with Gasteiger partial charge in [0.05, 0.1) is 9.79 Å². The normalized spacial score (nSPS) is 13.9. The topological polar surface area (TPSA) is 85.3 Å². The van der Waals surface area contributed by atoms with Gasteiger partial charge in [-0.15, -0.1) is 0 Å². The van der Waals surface area contributed by atoms with Crippen LogP contribution in [0, 0.1) is 5.92 Å². The number of alkyl halides is 1. The lowest BCUT2D eigenvalue weighted by Crippen LogP contribution is -2.48. The maximum absolute atomic E-state index is 16.3. The third kappa shape index (κ3) is 3.68. The van der Waals surface area contributed by atoms with Crippen LogP contribution < -0.4 is 0 Å². The van der Waals surface area contributed by atoms with E-state index < -0.39 is 51.9 Å². The van der Waals surface area contributed by atoms with Crippen LogP contribution in [-0.2, 0) is 24.5 Å². The van der Waals surface area contributed by atoms with Crippen LogP contribution in [0.25, 0.3) is 0 Å². The van der Waals surface area contributed by atoms with Crippen molar-refractivity contribution in [3.8, 4) is 0 Å². The summed E-state index contributed by atoms with van der Waals surface area (Å²) in [7, 11) is -9.93. The van der Waals surface area contributed by atoms with E-state index in [2.05, 4.69) is 0 Å². The summed E-state index contributed by atoms with van der Waals surface area (Å²) in [6.07, 6.45) is -0.456. The summed E-state index contributed by atoms with van der Waals surface area (Å²) in [6, 6.07) is 13.1. The van der Waals surface area contributed by atoms with Crippen LogP contribution in [0.3, 0.4) is 0 Å². The second kappa shape index (κ2) is 7.90. The third-order valence-corrected chi connectivity index (χ3v) is 9.73. The molecular formula is C19H21FO5S2. The molecule has 146 valence electrons. The average molecular weight is 413 g/mol. The first-order chi connectivity index (χ1) is 12.6. The number of hydrogen-bond donors (Lipinski definition) is 0. The van der Waals surface area contributed by atoms with Crippen molar-refractivity contribution in [2.75, 3.05) is 0 Å². The van der Waals surface area contributed by atoms with Crippen molar-refractivity contribution >= 4 is 25.5 Å². The maximum Gasteiger partial charge on any atom is 0.320 e. The highest BCUT2D eigenvalue weighted by atomic mass is 32.3. The number of carbonyl (C=O) groups is 1. The Balaban J connectivity index is 2.75. The standard InChI is InChI=1S/C19H21FO5S2/c1-3-16(21)14-15(2)19(20,26(22,23)17-10-6-4-7-11-17)27(24,25)18-12-8-5-9-13-18/h4-13,15H,3,14H2,1-2H3. The molecular weight excluding hydrogens is 391 g/mol. The summed E-state index contributed by atoms with van der Waals surface area (Å²) in [6.45, 7) is 2.68. The fraction of sp³-hybridized carbons (Fsp3) is 0.316. The van der Waals surface area contributed by atoms with E-state index in [-0.39, 0.29) is 6.42 Å². The van der Waals surface area contributed by atoms with Crippen molar-refractivity contribution in [3.63, 3.8) is 0 Å². The van der Waals surface area contributed by atoms with Crippen molar-refractivity contribution < 1.29 is 26.0 Å². The molecule has 0 radical (unpaired) electrons. The van der Waals surface area contributed by atoms with Gasteiger partial charge in [0.25, 0.3) is 0 Å². The van der Waals surface area contributed by atoms with E-state index in [0.717, 1.165) is 31.2 Å². The molecule has 1 atom stereocenters. The van der Waals surface area contributed by atoms with Gasteiger partial charge in [-0.05, 0) is 24.3 Å². The summed E-state index contributed by atoms with van der Waals surface area (Å²) in [4.78, 5) is 10.9. The largest absolute Gasteiger partial charge is 0.320 e. The highest BCUT2D eigenvalue weighted by Crippen LogP contribution is 2.44. The molecule has 0 bridgehead atoms. The Kier molecular flexibility index (Phi) is 6.21. The zero-order chi connectivity index (χ0) is 20.3. The summed E-state index contributed by atoms with van der Waals surface area (Å²) < 4.78 is 65.1. The van der Waals surface area contributed by atoms with E-state index in [1.165, 1.54) is 36.4 Å². The van der Waals surface area contributed by atoms with Gasteiger partial charge in [-0.2, -0.15) is 0 Å². The van der Waals surface area contributed by atoms with Crippen molar-refractivity contribution in [2.24, 2.45) is 5.92 Å². The fourth-order valence-corrected chi connectivity index (χ4v) is 7.44. The number of benzene rings is 2. The van der Waals surface area contributed by atoms with Crippen LogP contribution in [0.2, 0.25) is 0 Å². The summed E-state index contributed by atoms with van der Waals surface area (Å²) in [5.74, 6) is -2.02. The maximum atomic E-state index is 16.3. The Labute approximate surface area is 159 Å². The number of Topliss-reactive ketones (excluding diaryl/α,β-unsaturated/α-hetero) is 1. The van der Waals surface area contributed by atoms with Gasteiger partial charge in [0.2, 0.25) is 19.7 Å². The van der Waals surface area contributed by atoms with Gasteiger partial charge in [0.1, 0.15) is 5.78 Å². The van der Waals surface area contributed by atoms with Crippen molar-refractivity contribution in [1.29, 1.82) is 0 Å². The molecule has 0 aliphatic heterocycles. The second-order valence-electron chi connectivity index (χ2n) is 6.21. The molecule has 8 heteroatoms. The number of hydrogen-bond acceptors (Lipinski definition) is 5. The van der Waals surface area contributed by atoms with E-state index >= 15 is 4.39 Å². The predicted octanol–water partition coefficient (Wildman–Crippen LogP) is 3.56. The highest BCUT2D eigenvalue weighted by Gasteiger charge is 2.61. The van der Waals surface area contributed by atoms with E-state index in [0.29, 0.717) is 0 Å². The molecule has 0 aromatic heterocycles. The first kappa shape index (κ1) is 21.2. The lowest BCUT2D eigenvalue weighted by atomic mass is 10.0. The molecule has 0 saturated carbocycles. The van der Waals surface area contributed by atoms with Crippen LogP contribution in [-0.4, -0.2) is 27.0 Å². The van der Waals surface area contributed by atoms with Crippen LogP contribution in [0.15, 0.2) is 70.5 Å². The first-order valence-electron chi connectivity index (χ1n) is 8.39. The SMILES string of the molecule is CCC(=O)CC(C)C(F)(S(=O)(=O)c1ccccc1)S(=O)(=O)c1ccccc1. The molecule has 0 aliphatic carbocycles. The highest BCUT2D eigenvalue weighted by molar-refractivity contribution is 8.10. The van der Waals surface area contributed by atoms with E-state index in [1.54, 1.807) is 6.92 Å². The predicted molar refractivity (Wildman–Crippen MR) is 100 cm³/mol. The Morgan fingerprint density at radius 2 is 1.26 bits per heavy atom. The van der Waals surface area contributed by atoms with Gasteiger partial charge >= 0.3 is 4.33 Å². The Hall–Kier alpha value is -2.06. The van der Waals surface area contributed by atoms with Gasteiger partial charge in [-0.3, -0.25) is 4.79 Å². The fourth-order valence-electron chi connectivity index (χ4n) is 2.80. The zero-order valence-electron chi connectivity index (χ0n) is 15.0. The molecule has 2 aromatic rings. The lowest BCUT2D eigenvalue weighted by Gasteiger charge is -2.30. The quantitative estimate of drug-likeness (QED) is 0.662. The molecule has 0 heterocycles. The molecule has 0 N–H and O–H groups in total. The zero-order valence-corrected chi connectivity index (χ0v) is 16.6. The first-order valence-corrected chi connectivity index (χ1v) is 11.4. The van der Waals surface area contributed by atoms with Crippen LogP contribution in [0.1, 0.15) is 26.7 Å². The Bertz CT molecular complexity index is 931. The van der Waals surface area contributed by atoms with Crippen LogP contribution in [0.4, 0.5) is 4.39 Å². The molecule has 2 rings (SSSR count). The van der Waals surface area contributed by atoms with Crippen LogP contribution >= 0.6 is 0 Å². The lowest BCUT2D eigenvalue weighted by molar-refractivity contribution is -0.119. The average Bonchev–Trinajstić information content (AvgIpc) is 2.68. The van der Waals surface area contributed by atoms with Crippen LogP contribution in [0.5, 0.6) is 0 Å². The van der Waals surface area contributed by atoms with Gasteiger partial charge in [0, 0.05) is 18.8 Å². The summed E-state index contributed by atoms with van der Waals surface area (Å²) in [5, 5.41) is 0. The molecule has 1 unspecified atom stereocenters. The molecule has 27 heavy (non-hydrogen) atoms. The minimum atomic E-state index is -4.97. The van der Waals surface area contributed by atoms with E-state index in [1.807, 2.05) is 0 Å². The minimum absolute atomic E-state index is 0.0528. The second-order valence-corrected chi connectivity index (χ2v) is 10.6. The Morgan fingerprint density at radius 1 is 0.889 bits per heavy atom. The van der Waals surface area contributed by atoms with Gasteiger partial charge in [0.15, 0.2) is 0 Å². The molecule has 0 aliphatic rings. The molecule has 5 nitrogen and oxygen atoms in total. The number of carbonyl (C=O) groups excluding carboxylic acids is 1. The van der Waals surface area contributed by atoms with Gasteiger partial charge in [-0.1, -0.05) is 50.2 Å². The number of halogens is 1. The number of sulfone groups is 2.